The maximum atomic E-state index is 12.9. The number of aliphatic carboxylic acids is 1. The molecule has 0 aliphatic heterocycles. The molecular formula is C29H35N3O4S. The van der Waals surface area contributed by atoms with Crippen LogP contribution in [0.25, 0.3) is 11.0 Å². The number of nitrogens with zero attached hydrogens (tertiary/aromatic N) is 2. The molecule has 1 heterocycles. The molecule has 196 valence electrons. The normalized spacial score (nSPS) is 17.9. The molecule has 37 heavy (non-hydrogen) atoms. The molecule has 0 saturated heterocycles. The lowest BCUT2D eigenvalue weighted by Crippen LogP contribution is -2.40. The molecule has 2 unspecified atom stereocenters. The number of carboxylic acid groups (broad SMARTS) is 1. The Morgan fingerprint density at radius 2 is 1.78 bits per heavy atom. The molecule has 3 aromatic rings. The molecule has 0 fully saturated rings. The van der Waals surface area contributed by atoms with Crippen LogP contribution in [0.1, 0.15) is 63.4 Å². The van der Waals surface area contributed by atoms with Crippen molar-refractivity contribution in [1.82, 2.24) is 14.3 Å². The van der Waals surface area contributed by atoms with Gasteiger partial charge in [0.05, 0.1) is 21.8 Å². The first-order chi connectivity index (χ1) is 17.5. The summed E-state index contributed by atoms with van der Waals surface area (Å²) in [7, 11) is -3.67. The minimum absolute atomic E-state index is 0.201. The summed E-state index contributed by atoms with van der Waals surface area (Å²) < 4.78 is 30.6. The zero-order chi connectivity index (χ0) is 26.8. The van der Waals surface area contributed by atoms with Crippen LogP contribution in [0.15, 0.2) is 71.7 Å². The molecule has 0 spiro atoms. The first kappa shape index (κ1) is 26.8. The van der Waals surface area contributed by atoms with Crippen molar-refractivity contribution in [2.45, 2.75) is 69.9 Å². The van der Waals surface area contributed by atoms with Gasteiger partial charge in [0, 0.05) is 24.4 Å². The lowest BCUT2D eigenvalue weighted by atomic mass is 9.83. The highest BCUT2D eigenvalue weighted by molar-refractivity contribution is 7.89. The zero-order valence-corrected chi connectivity index (χ0v) is 22.6. The number of benzene rings is 2. The molecule has 8 heteroatoms. The molecule has 2 atom stereocenters. The monoisotopic (exact) mass is 521 g/mol. The number of sulfonamides is 1. The molecule has 0 saturated carbocycles. The van der Waals surface area contributed by atoms with Gasteiger partial charge in [-0.15, -0.1) is 0 Å². The minimum Gasteiger partial charge on any atom is -0.481 e. The first-order valence-electron chi connectivity index (χ1n) is 12.7. The fraction of sp³-hybridized carbons (Fsp3) is 0.379. The Kier molecular flexibility index (Phi) is 7.71. The van der Waals surface area contributed by atoms with Crippen molar-refractivity contribution in [3.8, 4) is 0 Å². The number of fused-ring (bicyclic) bond motifs is 1. The number of unbranched alkanes of at least 4 members (excludes halogenated alkanes) is 1. The number of carbonyl (C=O) groups is 1. The van der Waals surface area contributed by atoms with Crippen molar-refractivity contribution in [1.29, 1.82) is 0 Å². The largest absolute Gasteiger partial charge is 0.481 e. The van der Waals surface area contributed by atoms with Gasteiger partial charge in [0.25, 0.3) is 0 Å². The Hall–Kier alpha value is -3.23. The predicted molar refractivity (Wildman–Crippen MR) is 146 cm³/mol. The van der Waals surface area contributed by atoms with Crippen molar-refractivity contribution < 1.29 is 18.3 Å². The van der Waals surface area contributed by atoms with Crippen LogP contribution in [0, 0.1) is 5.92 Å². The van der Waals surface area contributed by atoms with Crippen LogP contribution in [-0.2, 0) is 27.8 Å². The van der Waals surface area contributed by atoms with E-state index in [-0.39, 0.29) is 10.8 Å². The van der Waals surface area contributed by atoms with Gasteiger partial charge >= 0.3 is 5.97 Å². The Bertz CT molecular complexity index is 1440. The number of carboxylic acids is 1. The number of rotatable bonds is 9. The number of hydrogen-bond donors (Lipinski definition) is 2. The number of hydrogen-bond acceptors (Lipinski definition) is 4. The third-order valence-electron chi connectivity index (χ3n) is 6.43. The summed E-state index contributed by atoms with van der Waals surface area (Å²) >= 11 is 0. The summed E-state index contributed by atoms with van der Waals surface area (Å²) in [4.78, 5) is 16.7. The SMILES string of the molecule is CCCCc1nc2cc(S(=O)(=O)NC(C)(C)C)ccc2n1Cc1ccc(C2C=CC=CC2C(=O)O)cc1. The summed E-state index contributed by atoms with van der Waals surface area (Å²) in [6, 6.07) is 13.2. The molecule has 2 N–H and O–H groups in total. The Morgan fingerprint density at radius 1 is 1.08 bits per heavy atom. The predicted octanol–water partition coefficient (Wildman–Crippen LogP) is 5.41. The highest BCUT2D eigenvalue weighted by Gasteiger charge is 2.27. The highest BCUT2D eigenvalue weighted by atomic mass is 32.2. The number of aryl methyl sites for hydroxylation is 1. The fourth-order valence-electron chi connectivity index (χ4n) is 4.68. The van der Waals surface area contributed by atoms with Gasteiger partial charge < -0.3 is 9.67 Å². The molecular weight excluding hydrogens is 486 g/mol. The maximum Gasteiger partial charge on any atom is 0.311 e. The van der Waals surface area contributed by atoms with Gasteiger partial charge in [-0.25, -0.2) is 18.1 Å². The molecule has 0 radical (unpaired) electrons. The minimum atomic E-state index is -3.67. The van der Waals surface area contributed by atoms with Crippen LogP contribution in [0.2, 0.25) is 0 Å². The average molecular weight is 522 g/mol. The van der Waals surface area contributed by atoms with Gasteiger partial charge in [0.1, 0.15) is 5.82 Å². The van der Waals surface area contributed by atoms with Gasteiger partial charge in [-0.3, -0.25) is 4.79 Å². The maximum absolute atomic E-state index is 12.9. The molecule has 1 aromatic heterocycles. The number of imidazole rings is 1. The van der Waals surface area contributed by atoms with E-state index in [4.69, 9.17) is 4.98 Å². The smallest absolute Gasteiger partial charge is 0.311 e. The number of aromatic nitrogens is 2. The number of allylic oxidation sites excluding steroid dienone is 3. The van der Waals surface area contributed by atoms with Crippen LogP contribution in [-0.4, -0.2) is 34.6 Å². The molecule has 1 aliphatic rings. The van der Waals surface area contributed by atoms with Crippen LogP contribution in [0.4, 0.5) is 0 Å². The van der Waals surface area contributed by atoms with E-state index in [2.05, 4.69) is 16.2 Å². The van der Waals surface area contributed by atoms with Gasteiger partial charge in [0.15, 0.2) is 0 Å². The van der Waals surface area contributed by atoms with Crippen molar-refractivity contribution >= 4 is 27.0 Å². The summed E-state index contributed by atoms with van der Waals surface area (Å²) in [5, 5.41) is 9.59. The van der Waals surface area contributed by atoms with E-state index in [0.29, 0.717) is 12.1 Å². The number of nitrogens with one attached hydrogen (secondary N) is 1. The standard InChI is InChI=1S/C29H35N3O4S/c1-5-6-11-27-30-25-18-22(37(35,36)31-29(2,3)4)16-17-26(25)32(27)19-20-12-14-21(15-13-20)23-9-7-8-10-24(23)28(33)34/h7-10,12-18,23-24,31H,5-6,11,19H2,1-4H3,(H,33,34). The van der Waals surface area contributed by atoms with E-state index in [0.717, 1.165) is 41.7 Å². The molecule has 0 amide bonds. The Labute approximate surface area is 219 Å². The third kappa shape index (κ3) is 6.19. The van der Waals surface area contributed by atoms with Crippen molar-refractivity contribution in [2.75, 3.05) is 0 Å². The fourth-order valence-corrected chi connectivity index (χ4v) is 6.12. The van der Waals surface area contributed by atoms with Gasteiger partial charge in [0.2, 0.25) is 10.0 Å². The van der Waals surface area contributed by atoms with Gasteiger partial charge in [-0.2, -0.15) is 0 Å². The summed E-state index contributed by atoms with van der Waals surface area (Å²) in [5.74, 6) is -0.690. The Balaban J connectivity index is 1.65. The van der Waals surface area contributed by atoms with Crippen LogP contribution in [0.3, 0.4) is 0 Å². The van der Waals surface area contributed by atoms with E-state index >= 15 is 0 Å². The summed E-state index contributed by atoms with van der Waals surface area (Å²) in [5.41, 5.74) is 2.98. The molecule has 7 nitrogen and oxygen atoms in total. The third-order valence-corrected chi connectivity index (χ3v) is 8.18. The molecule has 2 aromatic carbocycles. The second-order valence-corrected chi connectivity index (χ2v) is 12.3. The average Bonchev–Trinajstić information content (AvgIpc) is 3.18. The summed E-state index contributed by atoms with van der Waals surface area (Å²) in [6.07, 6.45) is 10.1. The Morgan fingerprint density at radius 3 is 2.43 bits per heavy atom. The first-order valence-corrected chi connectivity index (χ1v) is 14.2. The van der Waals surface area contributed by atoms with Crippen molar-refractivity contribution in [2.24, 2.45) is 5.92 Å². The van der Waals surface area contributed by atoms with E-state index in [9.17, 15) is 18.3 Å². The van der Waals surface area contributed by atoms with Crippen LogP contribution >= 0.6 is 0 Å². The van der Waals surface area contributed by atoms with E-state index in [1.807, 2.05) is 63.3 Å². The topological polar surface area (TPSA) is 101 Å². The second-order valence-electron chi connectivity index (χ2n) is 10.6. The summed E-state index contributed by atoms with van der Waals surface area (Å²) in [6.45, 7) is 8.16. The van der Waals surface area contributed by atoms with Crippen LogP contribution < -0.4 is 4.72 Å². The van der Waals surface area contributed by atoms with Gasteiger partial charge in [-0.05, 0) is 56.5 Å². The molecule has 4 rings (SSSR count). The highest BCUT2D eigenvalue weighted by Crippen LogP contribution is 2.31. The lowest BCUT2D eigenvalue weighted by molar-refractivity contribution is -0.140. The molecule has 1 aliphatic carbocycles. The van der Waals surface area contributed by atoms with E-state index in [1.165, 1.54) is 0 Å². The van der Waals surface area contributed by atoms with E-state index in [1.54, 1.807) is 24.3 Å². The lowest BCUT2D eigenvalue weighted by Gasteiger charge is -2.21. The molecule has 0 bridgehead atoms. The second kappa shape index (κ2) is 10.6. The van der Waals surface area contributed by atoms with Gasteiger partial charge in [-0.1, -0.05) is 61.9 Å². The van der Waals surface area contributed by atoms with Crippen LogP contribution in [0.5, 0.6) is 0 Å². The van der Waals surface area contributed by atoms with Crippen molar-refractivity contribution in [3.05, 3.63) is 83.7 Å². The van der Waals surface area contributed by atoms with Crippen molar-refractivity contribution in [3.63, 3.8) is 0 Å². The zero-order valence-electron chi connectivity index (χ0n) is 21.8. The quantitative estimate of drug-likeness (QED) is 0.392. The van der Waals surface area contributed by atoms with E-state index < -0.39 is 27.4 Å².